The third-order valence-electron chi connectivity index (χ3n) is 6.00. The van der Waals surface area contributed by atoms with Crippen molar-refractivity contribution in [2.75, 3.05) is 6.61 Å². The Morgan fingerprint density at radius 3 is 1.75 bits per heavy atom. The lowest BCUT2D eigenvalue weighted by molar-refractivity contribution is -0.277. The molecular formula is C29H33NO6. The van der Waals surface area contributed by atoms with Crippen molar-refractivity contribution >= 4 is 5.91 Å². The molecule has 1 heterocycles. The first-order valence-electron chi connectivity index (χ1n) is 12.1. The van der Waals surface area contributed by atoms with Crippen molar-refractivity contribution in [1.82, 2.24) is 5.32 Å². The summed E-state index contributed by atoms with van der Waals surface area (Å²) in [6, 6.07) is 28.6. The monoisotopic (exact) mass is 491 g/mol. The summed E-state index contributed by atoms with van der Waals surface area (Å²) < 4.78 is 24.6. The van der Waals surface area contributed by atoms with Crippen molar-refractivity contribution in [3.63, 3.8) is 0 Å². The normalized spacial score (nSPS) is 23.8. The molecule has 1 saturated heterocycles. The number of aliphatic hydroxyl groups is 1. The molecule has 0 aliphatic carbocycles. The molecule has 0 spiro atoms. The van der Waals surface area contributed by atoms with Crippen LogP contribution in [0.1, 0.15) is 23.6 Å². The summed E-state index contributed by atoms with van der Waals surface area (Å²) in [5.74, 6) is -0.295. The predicted octanol–water partition coefficient (Wildman–Crippen LogP) is 3.60. The van der Waals surface area contributed by atoms with Crippen molar-refractivity contribution in [3.05, 3.63) is 108 Å². The Bertz CT molecular complexity index is 1050. The highest BCUT2D eigenvalue weighted by molar-refractivity contribution is 5.73. The molecule has 7 nitrogen and oxygen atoms in total. The van der Waals surface area contributed by atoms with E-state index in [1.807, 2.05) is 91.0 Å². The second-order valence-corrected chi connectivity index (χ2v) is 8.81. The molecule has 0 bridgehead atoms. The molecule has 4 rings (SSSR count). The van der Waals surface area contributed by atoms with E-state index in [0.717, 1.165) is 16.7 Å². The van der Waals surface area contributed by atoms with Crippen LogP contribution in [0.15, 0.2) is 91.0 Å². The highest BCUT2D eigenvalue weighted by Crippen LogP contribution is 2.27. The number of hydrogen-bond acceptors (Lipinski definition) is 6. The zero-order valence-corrected chi connectivity index (χ0v) is 20.4. The fourth-order valence-corrected chi connectivity index (χ4v) is 4.24. The molecule has 1 fully saturated rings. The van der Waals surface area contributed by atoms with Gasteiger partial charge in [0.1, 0.15) is 24.4 Å². The molecule has 2 N–H and O–H groups in total. The van der Waals surface area contributed by atoms with Gasteiger partial charge in [-0.3, -0.25) is 4.79 Å². The molecular weight excluding hydrogens is 458 g/mol. The molecule has 0 aromatic heterocycles. The zero-order valence-electron chi connectivity index (χ0n) is 20.4. The lowest BCUT2D eigenvalue weighted by Crippen LogP contribution is -2.65. The van der Waals surface area contributed by atoms with E-state index in [1.165, 1.54) is 6.92 Å². The van der Waals surface area contributed by atoms with Crippen LogP contribution in [-0.2, 0) is 43.6 Å². The highest BCUT2D eigenvalue weighted by Gasteiger charge is 2.47. The predicted molar refractivity (Wildman–Crippen MR) is 135 cm³/mol. The standard InChI is InChI=1S/C29H33NO6/c1-21(31)30-26-28(35-19-24-15-9-4-10-16-24)27(34-18-23-13-7-3-8-14-23)25(36-29(26)32)20-33-17-22-11-5-2-6-12-22/h2-16,25-29,32H,17-20H2,1H3,(H,30,31)/t25-,26-,27+,28-,29+/m1/s1. The van der Waals surface area contributed by atoms with Crippen LogP contribution in [0.2, 0.25) is 0 Å². The topological polar surface area (TPSA) is 86.3 Å². The van der Waals surface area contributed by atoms with E-state index in [9.17, 15) is 9.90 Å². The molecule has 5 atom stereocenters. The maximum absolute atomic E-state index is 12.0. The van der Waals surface area contributed by atoms with Crippen LogP contribution in [0.5, 0.6) is 0 Å². The van der Waals surface area contributed by atoms with E-state index in [1.54, 1.807) is 0 Å². The summed E-state index contributed by atoms with van der Waals surface area (Å²) in [6.07, 6.45) is -3.17. The third kappa shape index (κ3) is 7.46. The van der Waals surface area contributed by atoms with Crippen LogP contribution >= 0.6 is 0 Å². The quantitative estimate of drug-likeness (QED) is 0.426. The molecule has 0 radical (unpaired) electrons. The Labute approximate surface area is 212 Å². The maximum Gasteiger partial charge on any atom is 0.217 e. The number of carbonyl (C=O) groups excluding carboxylic acids is 1. The van der Waals surface area contributed by atoms with E-state index in [2.05, 4.69) is 5.32 Å². The Hall–Kier alpha value is -3.07. The minimum atomic E-state index is -1.28. The second-order valence-electron chi connectivity index (χ2n) is 8.81. The summed E-state index contributed by atoms with van der Waals surface area (Å²) in [6.45, 7) is 2.58. The molecule has 190 valence electrons. The SMILES string of the molecule is CC(=O)N[C@@H]1[C@@H](OCc2ccccc2)[C@@H](OCc2ccccc2)[C@@H](COCc2ccccc2)O[C@@H]1O. The molecule has 3 aromatic carbocycles. The third-order valence-corrected chi connectivity index (χ3v) is 6.00. The van der Waals surface area contributed by atoms with Crippen LogP contribution in [0.3, 0.4) is 0 Å². The molecule has 1 aliphatic heterocycles. The number of ether oxygens (including phenoxy) is 4. The summed E-state index contributed by atoms with van der Waals surface area (Å²) in [7, 11) is 0. The van der Waals surface area contributed by atoms with Crippen molar-refractivity contribution < 1.29 is 28.8 Å². The summed E-state index contributed by atoms with van der Waals surface area (Å²) in [5, 5.41) is 13.6. The minimum absolute atomic E-state index is 0.184. The van der Waals surface area contributed by atoms with Gasteiger partial charge in [-0.25, -0.2) is 0 Å². The van der Waals surface area contributed by atoms with Gasteiger partial charge in [0.05, 0.1) is 26.4 Å². The molecule has 0 saturated carbocycles. The molecule has 1 amide bonds. The van der Waals surface area contributed by atoms with Crippen LogP contribution in [0, 0.1) is 0 Å². The van der Waals surface area contributed by atoms with Gasteiger partial charge in [0, 0.05) is 6.92 Å². The van der Waals surface area contributed by atoms with Gasteiger partial charge >= 0.3 is 0 Å². The van der Waals surface area contributed by atoms with Gasteiger partial charge in [0.15, 0.2) is 6.29 Å². The van der Waals surface area contributed by atoms with Gasteiger partial charge in [-0.2, -0.15) is 0 Å². The summed E-state index contributed by atoms with van der Waals surface area (Å²) in [4.78, 5) is 12.0. The van der Waals surface area contributed by atoms with Crippen molar-refractivity contribution in [2.45, 2.75) is 57.4 Å². The van der Waals surface area contributed by atoms with Crippen LogP contribution < -0.4 is 5.32 Å². The van der Waals surface area contributed by atoms with E-state index in [0.29, 0.717) is 13.2 Å². The number of rotatable bonds is 11. The van der Waals surface area contributed by atoms with Gasteiger partial charge in [-0.1, -0.05) is 91.0 Å². The molecule has 0 unspecified atom stereocenters. The average Bonchev–Trinajstić information content (AvgIpc) is 2.90. The Kier molecular flexibility index (Phi) is 9.61. The number of hydrogen-bond donors (Lipinski definition) is 2. The van der Waals surface area contributed by atoms with Gasteiger partial charge in [-0.05, 0) is 16.7 Å². The van der Waals surface area contributed by atoms with Crippen molar-refractivity contribution in [1.29, 1.82) is 0 Å². The Balaban J connectivity index is 1.53. The van der Waals surface area contributed by atoms with Gasteiger partial charge < -0.3 is 29.4 Å². The van der Waals surface area contributed by atoms with E-state index in [4.69, 9.17) is 18.9 Å². The van der Waals surface area contributed by atoms with Gasteiger partial charge in [0.2, 0.25) is 5.91 Å². The van der Waals surface area contributed by atoms with Gasteiger partial charge in [0.25, 0.3) is 0 Å². The largest absolute Gasteiger partial charge is 0.374 e. The number of aliphatic hydroxyl groups excluding tert-OH is 1. The van der Waals surface area contributed by atoms with E-state index < -0.39 is 30.6 Å². The first-order valence-corrected chi connectivity index (χ1v) is 12.1. The van der Waals surface area contributed by atoms with Crippen LogP contribution in [0.4, 0.5) is 0 Å². The number of amides is 1. The van der Waals surface area contributed by atoms with Crippen molar-refractivity contribution in [3.8, 4) is 0 Å². The summed E-state index contributed by atoms with van der Waals surface area (Å²) in [5.41, 5.74) is 2.99. The fraction of sp³-hybridized carbons (Fsp3) is 0.345. The van der Waals surface area contributed by atoms with Crippen LogP contribution in [-0.4, -0.2) is 48.3 Å². The van der Waals surface area contributed by atoms with E-state index in [-0.39, 0.29) is 19.1 Å². The fourth-order valence-electron chi connectivity index (χ4n) is 4.24. The number of nitrogens with one attached hydrogen (secondary N) is 1. The first-order chi connectivity index (χ1) is 17.6. The second kappa shape index (κ2) is 13.3. The Morgan fingerprint density at radius 2 is 1.25 bits per heavy atom. The first kappa shape index (κ1) is 26.0. The van der Waals surface area contributed by atoms with E-state index >= 15 is 0 Å². The molecule has 7 heteroatoms. The average molecular weight is 492 g/mol. The minimum Gasteiger partial charge on any atom is -0.374 e. The Morgan fingerprint density at radius 1 is 0.778 bits per heavy atom. The van der Waals surface area contributed by atoms with Crippen molar-refractivity contribution in [2.24, 2.45) is 0 Å². The maximum atomic E-state index is 12.0. The molecule has 3 aromatic rings. The van der Waals surface area contributed by atoms with Gasteiger partial charge in [-0.15, -0.1) is 0 Å². The van der Waals surface area contributed by atoms with Crippen LogP contribution in [0.25, 0.3) is 0 Å². The number of benzene rings is 3. The molecule has 1 aliphatic rings. The lowest BCUT2D eigenvalue weighted by Gasteiger charge is -2.44. The number of carbonyl (C=O) groups is 1. The molecule has 36 heavy (non-hydrogen) atoms. The zero-order chi connectivity index (χ0) is 25.2. The highest BCUT2D eigenvalue weighted by atomic mass is 16.7. The lowest BCUT2D eigenvalue weighted by atomic mass is 9.96. The smallest absolute Gasteiger partial charge is 0.217 e. The summed E-state index contributed by atoms with van der Waals surface area (Å²) >= 11 is 0.